The quantitative estimate of drug-likeness (QED) is 0.636. The number of carbonyl (C=O) groups is 1. The molecule has 0 aromatic carbocycles. The Kier molecular flexibility index (Phi) is 5.51. The van der Waals surface area contributed by atoms with E-state index in [-0.39, 0.29) is 31.2 Å². The normalized spacial score (nSPS) is 25.9. The van der Waals surface area contributed by atoms with Gasteiger partial charge in [-0.3, -0.25) is 4.79 Å². The molecular weight excluding hydrogens is 258 g/mol. The number of hydrogen-bond acceptors (Lipinski definition) is 4. The van der Waals surface area contributed by atoms with Gasteiger partial charge in [0.05, 0.1) is 12.2 Å². The van der Waals surface area contributed by atoms with Crippen molar-refractivity contribution in [1.82, 2.24) is 14.3 Å². The van der Waals surface area contributed by atoms with Crippen LogP contribution in [0.1, 0.15) is 20.8 Å². The Balaban J connectivity index is 2.45. The van der Waals surface area contributed by atoms with E-state index in [0.29, 0.717) is 13.1 Å². The Morgan fingerprint density at radius 3 is 2.33 bits per heavy atom. The van der Waals surface area contributed by atoms with Gasteiger partial charge in [-0.25, -0.2) is 4.72 Å². The van der Waals surface area contributed by atoms with Gasteiger partial charge in [0.1, 0.15) is 0 Å². The first-order valence-corrected chi connectivity index (χ1v) is 7.40. The predicted octanol–water partition coefficient (Wildman–Crippen LogP) is -0.934. The molecule has 0 aromatic rings. The van der Waals surface area contributed by atoms with Gasteiger partial charge < -0.3 is 10.1 Å². The number of amides is 1. The minimum absolute atomic E-state index is 0.110. The molecule has 2 N–H and O–H groups in total. The molecule has 1 aliphatic rings. The summed E-state index contributed by atoms with van der Waals surface area (Å²) in [5.74, 6) is -0.178. The summed E-state index contributed by atoms with van der Waals surface area (Å²) in [6, 6.07) is 0. The molecule has 0 aromatic heterocycles. The summed E-state index contributed by atoms with van der Waals surface area (Å²) >= 11 is 0. The van der Waals surface area contributed by atoms with Crippen LogP contribution in [0.4, 0.5) is 0 Å². The summed E-state index contributed by atoms with van der Waals surface area (Å²) in [7, 11) is -3.50. The number of nitrogens with zero attached hydrogens (tertiary/aromatic N) is 1. The topological polar surface area (TPSA) is 87.7 Å². The molecule has 1 amide bonds. The molecule has 8 heteroatoms. The van der Waals surface area contributed by atoms with Crippen LogP contribution < -0.4 is 10.0 Å². The Labute approximate surface area is 108 Å². The Bertz CT molecular complexity index is 375. The molecule has 7 nitrogen and oxygen atoms in total. The predicted molar refractivity (Wildman–Crippen MR) is 67.2 cm³/mol. The van der Waals surface area contributed by atoms with Gasteiger partial charge in [0.2, 0.25) is 5.91 Å². The average molecular weight is 279 g/mol. The Morgan fingerprint density at radius 1 is 1.28 bits per heavy atom. The Morgan fingerprint density at radius 2 is 1.83 bits per heavy atom. The minimum atomic E-state index is -3.50. The van der Waals surface area contributed by atoms with Crippen molar-refractivity contribution in [3.05, 3.63) is 0 Å². The van der Waals surface area contributed by atoms with Crippen molar-refractivity contribution in [2.24, 2.45) is 0 Å². The van der Waals surface area contributed by atoms with Crippen LogP contribution in [-0.2, 0) is 19.7 Å². The molecular formula is C10H21N3O4S. The molecule has 1 rings (SSSR count). The van der Waals surface area contributed by atoms with Crippen LogP contribution in [0.15, 0.2) is 0 Å². The summed E-state index contributed by atoms with van der Waals surface area (Å²) in [4.78, 5) is 10.6. The molecule has 1 saturated heterocycles. The second-order valence-corrected chi connectivity index (χ2v) is 6.21. The van der Waals surface area contributed by atoms with Gasteiger partial charge in [-0.05, 0) is 13.8 Å². The van der Waals surface area contributed by atoms with Gasteiger partial charge in [0, 0.05) is 33.1 Å². The van der Waals surface area contributed by atoms with Crippen molar-refractivity contribution in [2.45, 2.75) is 33.0 Å². The van der Waals surface area contributed by atoms with E-state index in [2.05, 4.69) is 10.0 Å². The second kappa shape index (κ2) is 6.46. The fourth-order valence-corrected chi connectivity index (χ4v) is 3.19. The van der Waals surface area contributed by atoms with Crippen LogP contribution >= 0.6 is 0 Å². The van der Waals surface area contributed by atoms with E-state index in [1.54, 1.807) is 0 Å². The van der Waals surface area contributed by atoms with E-state index in [9.17, 15) is 13.2 Å². The smallest absolute Gasteiger partial charge is 0.279 e. The third-order valence-corrected chi connectivity index (χ3v) is 4.06. The maximum Gasteiger partial charge on any atom is 0.279 e. The molecule has 18 heavy (non-hydrogen) atoms. The highest BCUT2D eigenvalue weighted by molar-refractivity contribution is 7.87. The van der Waals surface area contributed by atoms with Crippen LogP contribution in [0.5, 0.6) is 0 Å². The molecule has 106 valence electrons. The van der Waals surface area contributed by atoms with Crippen LogP contribution in [0, 0.1) is 0 Å². The van der Waals surface area contributed by atoms with Crippen molar-refractivity contribution in [3.63, 3.8) is 0 Å². The van der Waals surface area contributed by atoms with Crippen molar-refractivity contribution >= 4 is 16.1 Å². The number of carbonyl (C=O) groups excluding carboxylic acids is 1. The summed E-state index contributed by atoms with van der Waals surface area (Å²) in [6.07, 6.45) is -0.221. The van der Waals surface area contributed by atoms with E-state index in [4.69, 9.17) is 4.74 Å². The molecule has 2 atom stereocenters. The fraction of sp³-hybridized carbons (Fsp3) is 0.900. The first-order chi connectivity index (χ1) is 8.31. The maximum atomic E-state index is 12.0. The van der Waals surface area contributed by atoms with Gasteiger partial charge in [0.25, 0.3) is 10.2 Å². The van der Waals surface area contributed by atoms with Crippen LogP contribution in [0.25, 0.3) is 0 Å². The molecule has 0 bridgehead atoms. The molecule has 0 saturated carbocycles. The summed E-state index contributed by atoms with van der Waals surface area (Å²) in [5, 5.41) is 2.53. The summed E-state index contributed by atoms with van der Waals surface area (Å²) < 4.78 is 33.2. The van der Waals surface area contributed by atoms with Crippen molar-refractivity contribution < 1.29 is 17.9 Å². The lowest BCUT2D eigenvalue weighted by Crippen LogP contribution is -2.52. The van der Waals surface area contributed by atoms with Crippen molar-refractivity contribution in [3.8, 4) is 0 Å². The second-order valence-electron chi connectivity index (χ2n) is 4.46. The Hall–Kier alpha value is -0.700. The molecule has 0 spiro atoms. The maximum absolute atomic E-state index is 12.0. The van der Waals surface area contributed by atoms with E-state index in [0.717, 1.165) is 0 Å². The monoisotopic (exact) mass is 279 g/mol. The van der Waals surface area contributed by atoms with Crippen molar-refractivity contribution in [2.75, 3.05) is 26.2 Å². The molecule has 0 radical (unpaired) electrons. The van der Waals surface area contributed by atoms with E-state index >= 15 is 0 Å². The molecule has 1 fully saturated rings. The summed E-state index contributed by atoms with van der Waals surface area (Å²) in [6.45, 7) is 6.23. The molecule has 0 unspecified atom stereocenters. The molecule has 1 heterocycles. The lowest BCUT2D eigenvalue weighted by Gasteiger charge is -2.34. The number of nitrogens with one attached hydrogen (secondary N) is 2. The van der Waals surface area contributed by atoms with Gasteiger partial charge in [-0.2, -0.15) is 12.7 Å². The van der Waals surface area contributed by atoms with E-state index in [1.165, 1.54) is 11.2 Å². The summed E-state index contributed by atoms with van der Waals surface area (Å²) in [5.41, 5.74) is 0. The van der Waals surface area contributed by atoms with Crippen LogP contribution in [0.2, 0.25) is 0 Å². The SMILES string of the molecule is CC(=O)NCCNS(=O)(=O)N1C[C@@H](C)O[C@H](C)C1. The van der Waals surface area contributed by atoms with Crippen LogP contribution in [-0.4, -0.2) is 57.0 Å². The van der Waals surface area contributed by atoms with Gasteiger partial charge >= 0.3 is 0 Å². The highest BCUT2D eigenvalue weighted by Gasteiger charge is 2.30. The molecule has 0 aliphatic carbocycles. The van der Waals surface area contributed by atoms with E-state index < -0.39 is 10.2 Å². The third kappa shape index (κ3) is 4.89. The number of hydrogen-bond donors (Lipinski definition) is 2. The van der Waals surface area contributed by atoms with Gasteiger partial charge in [-0.15, -0.1) is 0 Å². The minimum Gasteiger partial charge on any atom is -0.373 e. The number of rotatable bonds is 5. The zero-order chi connectivity index (χ0) is 13.8. The lowest BCUT2D eigenvalue weighted by atomic mass is 10.3. The average Bonchev–Trinajstić information content (AvgIpc) is 2.23. The largest absolute Gasteiger partial charge is 0.373 e. The van der Waals surface area contributed by atoms with E-state index in [1.807, 2.05) is 13.8 Å². The van der Waals surface area contributed by atoms with Gasteiger partial charge in [0.15, 0.2) is 0 Å². The highest BCUT2D eigenvalue weighted by atomic mass is 32.2. The number of morpholine rings is 1. The first-order valence-electron chi connectivity index (χ1n) is 5.96. The molecule has 1 aliphatic heterocycles. The first kappa shape index (κ1) is 15.4. The fourth-order valence-electron chi connectivity index (χ4n) is 1.84. The number of ether oxygens (including phenoxy) is 1. The van der Waals surface area contributed by atoms with Crippen molar-refractivity contribution in [1.29, 1.82) is 0 Å². The lowest BCUT2D eigenvalue weighted by molar-refractivity contribution is -0.118. The zero-order valence-electron chi connectivity index (χ0n) is 11.0. The van der Waals surface area contributed by atoms with Gasteiger partial charge in [-0.1, -0.05) is 0 Å². The highest BCUT2D eigenvalue weighted by Crippen LogP contribution is 2.13. The van der Waals surface area contributed by atoms with Crippen LogP contribution in [0.3, 0.4) is 0 Å². The standard InChI is InChI=1S/C10H21N3O4S/c1-8-6-13(7-9(2)17-8)18(15,16)12-5-4-11-10(3)14/h8-9,12H,4-7H2,1-3H3,(H,11,14)/t8-,9-/m1/s1. The third-order valence-electron chi connectivity index (χ3n) is 2.51. The zero-order valence-corrected chi connectivity index (χ0v) is 11.8.